The maximum Gasteiger partial charge on any atom is 0.416 e. The third-order valence-corrected chi connectivity index (χ3v) is 6.99. The van der Waals surface area contributed by atoms with Crippen LogP contribution in [0.1, 0.15) is 48.4 Å². The summed E-state index contributed by atoms with van der Waals surface area (Å²) >= 11 is 0. The largest absolute Gasteiger partial charge is 0.416 e. The fourth-order valence-corrected chi connectivity index (χ4v) is 4.83. The molecule has 1 aliphatic rings. The van der Waals surface area contributed by atoms with Crippen molar-refractivity contribution in [2.75, 3.05) is 30.0 Å². The molecule has 41 heavy (non-hydrogen) atoms. The van der Waals surface area contributed by atoms with Crippen molar-refractivity contribution < 1.29 is 36.8 Å². The molecule has 3 aromatic rings. The summed E-state index contributed by atoms with van der Waals surface area (Å²) in [5.74, 6) is -0.453. The normalized spacial score (nSPS) is 17.0. The van der Waals surface area contributed by atoms with Gasteiger partial charge in [0.15, 0.2) is 6.04 Å². The molecular formula is C28H32F3N6O4+. The molecule has 1 heterocycles. The molecule has 1 saturated carbocycles. The Balaban J connectivity index is 1.39. The number of hydrogen-bond acceptors (Lipinski definition) is 5. The zero-order valence-corrected chi connectivity index (χ0v) is 22.9. The summed E-state index contributed by atoms with van der Waals surface area (Å²) in [4.78, 5) is 38.9. The number of carbonyl (C=O) groups excluding carboxylic acids is 3. The van der Waals surface area contributed by atoms with E-state index in [9.17, 15) is 27.6 Å². The van der Waals surface area contributed by atoms with Crippen molar-refractivity contribution in [3.05, 3.63) is 65.4 Å². The van der Waals surface area contributed by atoms with Crippen LogP contribution in [0.3, 0.4) is 0 Å². The second-order valence-corrected chi connectivity index (χ2v) is 10.3. The van der Waals surface area contributed by atoms with Crippen molar-refractivity contribution in [2.45, 2.75) is 51.2 Å². The molecular weight excluding hydrogens is 541 g/mol. The number of alkyl halides is 3. The van der Waals surface area contributed by atoms with E-state index in [1.807, 2.05) is 19.1 Å². The molecule has 0 bridgehead atoms. The lowest BCUT2D eigenvalue weighted by molar-refractivity contribution is -0.787. The average molecular weight is 574 g/mol. The van der Waals surface area contributed by atoms with Gasteiger partial charge in [-0.1, -0.05) is 24.3 Å². The summed E-state index contributed by atoms with van der Waals surface area (Å²) in [6.45, 7) is 1.84. The van der Waals surface area contributed by atoms with Crippen LogP contribution in [0.4, 0.5) is 35.2 Å². The van der Waals surface area contributed by atoms with E-state index in [1.54, 1.807) is 35.8 Å². The molecule has 0 saturated heterocycles. The number of anilines is 3. The van der Waals surface area contributed by atoms with E-state index in [2.05, 4.69) is 21.2 Å². The van der Waals surface area contributed by atoms with Crippen LogP contribution in [-0.4, -0.2) is 42.1 Å². The van der Waals surface area contributed by atoms with Crippen molar-refractivity contribution in [2.24, 2.45) is 5.92 Å². The second-order valence-electron chi connectivity index (χ2n) is 10.3. The summed E-state index contributed by atoms with van der Waals surface area (Å²) in [5, 5.41) is 11.2. The summed E-state index contributed by atoms with van der Waals surface area (Å²) in [6, 6.07) is 9.14. The molecule has 13 heteroatoms. The topological polar surface area (TPSA) is 120 Å². The average Bonchev–Trinajstić information content (AvgIpc) is 3.37. The first-order valence-electron chi connectivity index (χ1n) is 13.1. The third kappa shape index (κ3) is 7.83. The lowest BCUT2D eigenvalue weighted by atomic mass is 9.85. The number of nitrogens with zero attached hydrogens (tertiary/aromatic N) is 3. The number of amides is 4. The molecule has 1 fully saturated rings. The number of rotatable bonds is 7. The SMILES string of the molecule is Cc1ccccc1CC(=O)Nc1cc(NC(=O)Nc2c[n+](C3CCC(C(=O)N(C)C)CC3)no2)cc(C(F)(F)F)c1. The molecule has 0 atom stereocenters. The van der Waals surface area contributed by atoms with Gasteiger partial charge < -0.3 is 15.5 Å². The van der Waals surface area contributed by atoms with E-state index in [0.29, 0.717) is 25.7 Å². The van der Waals surface area contributed by atoms with Gasteiger partial charge in [0.2, 0.25) is 17.1 Å². The third-order valence-electron chi connectivity index (χ3n) is 6.99. The van der Waals surface area contributed by atoms with E-state index >= 15 is 0 Å². The number of urea groups is 1. The van der Waals surface area contributed by atoms with Gasteiger partial charge in [0.25, 0.3) is 6.20 Å². The van der Waals surface area contributed by atoms with E-state index in [-0.39, 0.29) is 41.5 Å². The van der Waals surface area contributed by atoms with Crippen molar-refractivity contribution >= 4 is 35.1 Å². The highest BCUT2D eigenvalue weighted by molar-refractivity contribution is 6.00. The Hall–Kier alpha value is -4.42. The highest BCUT2D eigenvalue weighted by Crippen LogP contribution is 2.34. The summed E-state index contributed by atoms with van der Waals surface area (Å²) in [7, 11) is 3.46. The molecule has 3 N–H and O–H groups in total. The predicted molar refractivity (Wildman–Crippen MR) is 144 cm³/mol. The van der Waals surface area contributed by atoms with Crippen LogP contribution in [0.25, 0.3) is 0 Å². The standard InChI is InChI=1S/C28H31F3N6O4/c1-17-6-4-5-7-19(17)12-24(38)32-21-13-20(28(29,30)31)14-22(15-21)33-27(40)34-25-16-37(35-41-25)23-10-8-18(9-11-23)26(39)36(2)3/h4-7,13-16,18,23H,8-12H2,1-3H3,(H2-,32,33,34,35,38,40)/p+1. The van der Waals surface area contributed by atoms with Gasteiger partial charge in [0.05, 0.1) is 12.0 Å². The van der Waals surface area contributed by atoms with Gasteiger partial charge >= 0.3 is 18.1 Å². The lowest BCUT2D eigenvalue weighted by Gasteiger charge is -2.25. The van der Waals surface area contributed by atoms with Gasteiger partial charge in [-0.15, -0.1) is 0 Å². The minimum absolute atomic E-state index is 0.00674. The molecule has 0 radical (unpaired) electrons. The number of benzene rings is 2. The van der Waals surface area contributed by atoms with E-state index in [1.165, 1.54) is 12.3 Å². The van der Waals surface area contributed by atoms with Gasteiger partial charge in [0, 0.05) is 44.2 Å². The molecule has 0 aliphatic heterocycles. The molecule has 218 valence electrons. The van der Waals surface area contributed by atoms with Crippen molar-refractivity contribution in [3.63, 3.8) is 0 Å². The minimum Gasteiger partial charge on any atom is -0.349 e. The maximum absolute atomic E-state index is 13.6. The highest BCUT2D eigenvalue weighted by Gasteiger charge is 2.34. The molecule has 1 aromatic heterocycles. The van der Waals surface area contributed by atoms with Gasteiger partial charge in [0.1, 0.15) is 0 Å². The minimum atomic E-state index is -4.71. The first-order chi connectivity index (χ1) is 19.4. The zero-order chi connectivity index (χ0) is 29.7. The quantitative estimate of drug-likeness (QED) is 0.346. The Morgan fingerprint density at radius 2 is 1.66 bits per heavy atom. The number of aryl methyl sites for hydroxylation is 1. The van der Waals surface area contributed by atoms with Crippen LogP contribution in [0.5, 0.6) is 0 Å². The summed E-state index contributed by atoms with van der Waals surface area (Å²) in [6.07, 6.45) is -0.442. The molecule has 4 rings (SSSR count). The van der Waals surface area contributed by atoms with Crippen LogP contribution in [0.15, 0.2) is 53.2 Å². The number of hydrogen-bond donors (Lipinski definition) is 3. The molecule has 4 amide bonds. The van der Waals surface area contributed by atoms with E-state index < -0.39 is 23.7 Å². The van der Waals surface area contributed by atoms with E-state index in [0.717, 1.165) is 23.3 Å². The Labute approximate surface area is 234 Å². The Bertz CT molecular complexity index is 1410. The van der Waals surface area contributed by atoms with Crippen LogP contribution in [-0.2, 0) is 22.2 Å². The van der Waals surface area contributed by atoms with Crippen LogP contribution in [0.2, 0.25) is 0 Å². The van der Waals surface area contributed by atoms with E-state index in [4.69, 9.17) is 4.52 Å². The van der Waals surface area contributed by atoms with Gasteiger partial charge in [-0.3, -0.25) is 19.4 Å². The molecule has 2 aromatic carbocycles. The number of nitrogens with one attached hydrogen (secondary N) is 3. The zero-order valence-electron chi connectivity index (χ0n) is 22.9. The summed E-state index contributed by atoms with van der Waals surface area (Å²) in [5.41, 5.74) is 0.289. The second kappa shape index (κ2) is 12.4. The first kappa shape index (κ1) is 29.6. The number of carbonyl (C=O) groups is 3. The molecule has 0 spiro atoms. The molecule has 10 nitrogen and oxygen atoms in total. The van der Waals surface area contributed by atoms with Crippen molar-refractivity contribution in [1.29, 1.82) is 0 Å². The number of aromatic nitrogens is 2. The predicted octanol–water partition coefficient (Wildman–Crippen LogP) is 4.93. The monoisotopic (exact) mass is 573 g/mol. The Kier molecular flexibility index (Phi) is 8.94. The lowest BCUT2D eigenvalue weighted by Crippen LogP contribution is -2.44. The number of halogens is 3. The van der Waals surface area contributed by atoms with Crippen LogP contribution >= 0.6 is 0 Å². The van der Waals surface area contributed by atoms with Crippen molar-refractivity contribution in [3.8, 4) is 0 Å². The summed E-state index contributed by atoms with van der Waals surface area (Å²) < 4.78 is 47.5. The Morgan fingerprint density at radius 1 is 1.00 bits per heavy atom. The van der Waals surface area contributed by atoms with Gasteiger partial charge in [-0.05, 0) is 53.8 Å². The Morgan fingerprint density at radius 3 is 2.29 bits per heavy atom. The maximum atomic E-state index is 13.6. The smallest absolute Gasteiger partial charge is 0.349 e. The molecule has 1 aliphatic carbocycles. The first-order valence-corrected chi connectivity index (χ1v) is 13.1. The van der Waals surface area contributed by atoms with Crippen LogP contribution in [0, 0.1) is 12.8 Å². The van der Waals surface area contributed by atoms with Crippen molar-refractivity contribution in [1.82, 2.24) is 10.2 Å². The fraction of sp³-hybridized carbons (Fsp3) is 0.393. The molecule has 0 unspecified atom stereocenters. The highest BCUT2D eigenvalue weighted by atomic mass is 19.4. The van der Waals surface area contributed by atoms with Gasteiger partial charge in [-0.25, -0.2) is 4.79 Å². The van der Waals surface area contributed by atoms with Crippen LogP contribution < -0.4 is 20.6 Å². The van der Waals surface area contributed by atoms with Gasteiger partial charge in [-0.2, -0.15) is 13.2 Å². The fourth-order valence-electron chi connectivity index (χ4n) is 4.83.